The van der Waals surface area contributed by atoms with Crippen LogP contribution < -0.4 is 11.5 Å². The largest absolute Gasteiger partial charge is 0.447 e. The Labute approximate surface area is 153 Å². The lowest BCUT2D eigenvalue weighted by molar-refractivity contribution is 0.125. The standard InChI is InChI=1S/C15H18N2S.C4H9NO2/c16-13-9-5-4-8-12(13)14-10-17-15(18-14)11-6-2-1-3-7-11;1-3(2)7-4(5)6/h4-5,8-11H,1-3,6-7,16H2;3H,1-2H3,(H2,5,6). The fourth-order valence-corrected chi connectivity index (χ4v) is 4.04. The van der Waals surface area contributed by atoms with Crippen molar-refractivity contribution < 1.29 is 9.53 Å². The number of nitrogens with two attached hydrogens (primary N) is 2. The molecule has 0 saturated heterocycles. The Morgan fingerprint density at radius 1 is 1.24 bits per heavy atom. The molecule has 1 heterocycles. The zero-order valence-corrected chi connectivity index (χ0v) is 15.7. The number of rotatable bonds is 3. The van der Waals surface area contributed by atoms with Crippen LogP contribution in [0.1, 0.15) is 56.9 Å². The average Bonchev–Trinajstić information content (AvgIpc) is 3.05. The van der Waals surface area contributed by atoms with E-state index < -0.39 is 6.09 Å². The van der Waals surface area contributed by atoms with Crippen molar-refractivity contribution >= 4 is 23.1 Å². The topological polar surface area (TPSA) is 91.2 Å². The van der Waals surface area contributed by atoms with Gasteiger partial charge in [-0.3, -0.25) is 0 Å². The van der Waals surface area contributed by atoms with E-state index in [1.807, 2.05) is 35.7 Å². The van der Waals surface area contributed by atoms with Crippen molar-refractivity contribution in [3.63, 3.8) is 0 Å². The summed E-state index contributed by atoms with van der Waals surface area (Å²) in [7, 11) is 0. The second kappa shape index (κ2) is 9.42. The summed E-state index contributed by atoms with van der Waals surface area (Å²) in [6.45, 7) is 3.48. The number of nitrogens with zero attached hydrogens (tertiary/aromatic N) is 1. The highest BCUT2D eigenvalue weighted by atomic mass is 32.1. The highest BCUT2D eigenvalue weighted by Crippen LogP contribution is 2.38. The van der Waals surface area contributed by atoms with Gasteiger partial charge in [0.15, 0.2) is 0 Å². The number of benzene rings is 1. The molecular formula is C19H27N3O2S. The highest BCUT2D eigenvalue weighted by Gasteiger charge is 2.19. The van der Waals surface area contributed by atoms with Crippen molar-refractivity contribution in [1.29, 1.82) is 0 Å². The summed E-state index contributed by atoms with van der Waals surface area (Å²) in [4.78, 5) is 15.6. The molecule has 0 aliphatic heterocycles. The van der Waals surface area contributed by atoms with Gasteiger partial charge in [0.1, 0.15) is 0 Å². The smallest absolute Gasteiger partial charge is 0.404 e. The van der Waals surface area contributed by atoms with E-state index in [0.29, 0.717) is 5.92 Å². The number of primary amides is 1. The third kappa shape index (κ3) is 6.05. The van der Waals surface area contributed by atoms with Gasteiger partial charge in [-0.2, -0.15) is 0 Å². The first-order valence-corrected chi connectivity index (χ1v) is 9.55. The van der Waals surface area contributed by atoms with Crippen LogP contribution in [-0.2, 0) is 4.74 Å². The van der Waals surface area contributed by atoms with Gasteiger partial charge < -0.3 is 16.2 Å². The predicted molar refractivity (Wildman–Crippen MR) is 104 cm³/mol. The Morgan fingerprint density at radius 3 is 2.48 bits per heavy atom. The number of hydrogen-bond acceptors (Lipinski definition) is 5. The Balaban J connectivity index is 0.000000277. The molecule has 1 amide bonds. The maximum absolute atomic E-state index is 9.81. The molecule has 1 saturated carbocycles. The summed E-state index contributed by atoms with van der Waals surface area (Å²) in [5, 5.41) is 1.30. The number of carbonyl (C=O) groups is 1. The number of aromatic nitrogens is 1. The van der Waals surface area contributed by atoms with E-state index >= 15 is 0 Å². The van der Waals surface area contributed by atoms with Crippen LogP contribution >= 0.6 is 11.3 Å². The summed E-state index contributed by atoms with van der Waals surface area (Å²) in [5.41, 5.74) is 12.6. The first kappa shape index (κ1) is 19.2. The third-order valence-electron chi connectivity index (χ3n) is 4.06. The van der Waals surface area contributed by atoms with Crippen molar-refractivity contribution in [2.75, 3.05) is 5.73 Å². The van der Waals surface area contributed by atoms with Crippen LogP contribution in [0, 0.1) is 0 Å². The summed E-state index contributed by atoms with van der Waals surface area (Å²) in [5.74, 6) is 0.683. The zero-order chi connectivity index (χ0) is 18.2. The summed E-state index contributed by atoms with van der Waals surface area (Å²) in [6, 6.07) is 8.04. The Kier molecular flexibility index (Phi) is 7.25. The van der Waals surface area contributed by atoms with Gasteiger partial charge in [-0.1, -0.05) is 37.5 Å². The molecule has 1 fully saturated rings. The number of anilines is 1. The molecule has 1 aromatic carbocycles. The van der Waals surface area contributed by atoms with Crippen molar-refractivity contribution in [1.82, 2.24) is 4.98 Å². The lowest BCUT2D eigenvalue weighted by Crippen LogP contribution is -2.17. The molecule has 136 valence electrons. The molecule has 0 radical (unpaired) electrons. The predicted octanol–water partition coefficient (Wildman–Crippen LogP) is 4.93. The number of carbonyl (C=O) groups excluding carboxylic acids is 1. The van der Waals surface area contributed by atoms with Crippen LogP contribution in [0.15, 0.2) is 30.5 Å². The normalized spacial score (nSPS) is 14.7. The molecule has 1 aliphatic carbocycles. The summed E-state index contributed by atoms with van der Waals surface area (Å²) in [6.07, 6.45) is 7.88. The van der Waals surface area contributed by atoms with Gasteiger partial charge in [0.2, 0.25) is 0 Å². The molecule has 2 aromatic rings. The van der Waals surface area contributed by atoms with E-state index in [1.54, 1.807) is 13.8 Å². The molecule has 1 aromatic heterocycles. The minimum Gasteiger partial charge on any atom is -0.447 e. The molecule has 3 rings (SSSR count). The maximum Gasteiger partial charge on any atom is 0.404 e. The maximum atomic E-state index is 9.81. The molecule has 6 heteroatoms. The van der Waals surface area contributed by atoms with Crippen LogP contribution in [-0.4, -0.2) is 17.2 Å². The quantitative estimate of drug-likeness (QED) is 0.758. The van der Waals surface area contributed by atoms with Gasteiger partial charge in [0.25, 0.3) is 0 Å². The van der Waals surface area contributed by atoms with Gasteiger partial charge in [0, 0.05) is 23.4 Å². The lowest BCUT2D eigenvalue weighted by atomic mass is 9.90. The number of ether oxygens (including phenoxy) is 1. The summed E-state index contributed by atoms with van der Waals surface area (Å²) >= 11 is 1.82. The van der Waals surface area contributed by atoms with Crippen LogP contribution in [0.25, 0.3) is 10.4 Å². The van der Waals surface area contributed by atoms with Crippen molar-refractivity contribution in [2.24, 2.45) is 5.73 Å². The number of para-hydroxylation sites is 1. The second-order valence-corrected chi connectivity index (χ2v) is 7.53. The lowest BCUT2D eigenvalue weighted by Gasteiger charge is -2.18. The van der Waals surface area contributed by atoms with Crippen LogP contribution in [0.4, 0.5) is 10.5 Å². The van der Waals surface area contributed by atoms with Gasteiger partial charge in [-0.15, -0.1) is 11.3 Å². The number of nitrogen functional groups attached to an aromatic ring is 1. The Morgan fingerprint density at radius 2 is 1.92 bits per heavy atom. The van der Waals surface area contributed by atoms with E-state index in [-0.39, 0.29) is 6.10 Å². The molecule has 5 nitrogen and oxygen atoms in total. The molecule has 0 atom stereocenters. The monoisotopic (exact) mass is 361 g/mol. The molecular weight excluding hydrogens is 334 g/mol. The number of amides is 1. The van der Waals surface area contributed by atoms with Crippen molar-refractivity contribution in [3.05, 3.63) is 35.5 Å². The van der Waals surface area contributed by atoms with Gasteiger partial charge >= 0.3 is 6.09 Å². The molecule has 4 N–H and O–H groups in total. The average molecular weight is 362 g/mol. The van der Waals surface area contributed by atoms with Crippen molar-refractivity contribution in [3.8, 4) is 10.4 Å². The van der Waals surface area contributed by atoms with Gasteiger partial charge in [0.05, 0.1) is 16.0 Å². The molecule has 1 aliphatic rings. The molecule has 0 unspecified atom stereocenters. The minimum atomic E-state index is -0.713. The third-order valence-corrected chi connectivity index (χ3v) is 5.25. The molecule has 25 heavy (non-hydrogen) atoms. The number of thiazole rings is 1. The number of hydrogen-bond donors (Lipinski definition) is 2. The first-order chi connectivity index (χ1) is 12.0. The SMILES string of the molecule is CC(C)OC(N)=O.Nc1ccccc1-c1cnc(C2CCCCC2)s1. The minimum absolute atomic E-state index is 0.0995. The van der Waals surface area contributed by atoms with Crippen LogP contribution in [0.2, 0.25) is 0 Å². The van der Waals surface area contributed by atoms with Gasteiger partial charge in [-0.25, -0.2) is 9.78 Å². The fraction of sp³-hybridized carbons (Fsp3) is 0.474. The Bertz CT molecular complexity index is 679. The van der Waals surface area contributed by atoms with E-state index in [4.69, 9.17) is 5.73 Å². The van der Waals surface area contributed by atoms with E-state index in [9.17, 15) is 4.79 Å². The van der Waals surface area contributed by atoms with E-state index in [1.165, 1.54) is 42.0 Å². The first-order valence-electron chi connectivity index (χ1n) is 8.74. The molecule has 0 spiro atoms. The summed E-state index contributed by atoms with van der Waals surface area (Å²) < 4.78 is 4.39. The van der Waals surface area contributed by atoms with E-state index in [0.717, 1.165) is 11.3 Å². The highest BCUT2D eigenvalue weighted by molar-refractivity contribution is 7.15. The zero-order valence-electron chi connectivity index (χ0n) is 14.9. The Hall–Kier alpha value is -2.08. The van der Waals surface area contributed by atoms with Crippen LogP contribution in [0.5, 0.6) is 0 Å². The van der Waals surface area contributed by atoms with Crippen molar-refractivity contribution in [2.45, 2.75) is 58.0 Å². The van der Waals surface area contributed by atoms with E-state index in [2.05, 4.69) is 21.5 Å². The second-order valence-electron chi connectivity index (χ2n) is 6.47. The van der Waals surface area contributed by atoms with Gasteiger partial charge in [-0.05, 0) is 32.8 Å². The fourth-order valence-electron chi connectivity index (χ4n) is 2.90. The van der Waals surface area contributed by atoms with Crippen LogP contribution in [0.3, 0.4) is 0 Å². The molecule has 0 bridgehead atoms.